The minimum absolute atomic E-state index is 0.0278. The largest absolute Gasteiger partial charge is 0.444 e. The van der Waals surface area contributed by atoms with Crippen LogP contribution in [0.1, 0.15) is 52.0 Å². The minimum atomic E-state index is -0.998. The smallest absolute Gasteiger partial charge is 0.408 e. The van der Waals surface area contributed by atoms with Gasteiger partial charge in [-0.15, -0.1) is 0 Å². The zero-order valence-electron chi connectivity index (χ0n) is 17.2. The van der Waals surface area contributed by atoms with Gasteiger partial charge in [-0.1, -0.05) is 11.6 Å². The molecule has 4 N–H and O–H groups in total. The molecule has 1 unspecified atom stereocenters. The van der Waals surface area contributed by atoms with Crippen LogP contribution in [-0.4, -0.2) is 28.3 Å². The molecule has 0 aliphatic heterocycles. The van der Waals surface area contributed by atoms with Gasteiger partial charge in [0.2, 0.25) is 0 Å². The number of aliphatic hydroxyl groups excluding tert-OH is 1. The number of nitrogens with zero attached hydrogens (tertiary/aromatic N) is 1. The summed E-state index contributed by atoms with van der Waals surface area (Å²) in [7, 11) is 0. The van der Waals surface area contributed by atoms with Gasteiger partial charge in [-0.2, -0.15) is 0 Å². The number of ether oxygens (including phenoxy) is 1. The van der Waals surface area contributed by atoms with E-state index >= 15 is 0 Å². The lowest BCUT2D eigenvalue weighted by Gasteiger charge is -2.30. The first kappa shape index (κ1) is 23.1. The van der Waals surface area contributed by atoms with Gasteiger partial charge in [0, 0.05) is 12.1 Å². The maximum atomic E-state index is 13.6. The maximum absolute atomic E-state index is 13.6. The van der Waals surface area contributed by atoms with Crippen molar-refractivity contribution in [1.82, 2.24) is 10.3 Å². The predicted octanol–water partition coefficient (Wildman–Crippen LogP) is 4.29. The molecule has 2 rings (SSSR count). The van der Waals surface area contributed by atoms with Crippen LogP contribution in [-0.2, 0) is 10.3 Å². The first-order chi connectivity index (χ1) is 13.3. The van der Waals surface area contributed by atoms with Gasteiger partial charge in [0.1, 0.15) is 17.5 Å². The van der Waals surface area contributed by atoms with Crippen molar-refractivity contribution in [1.29, 1.82) is 0 Å². The lowest BCUT2D eigenvalue weighted by molar-refractivity contribution is 0.0470. The number of amides is 1. The van der Waals surface area contributed by atoms with E-state index < -0.39 is 29.2 Å². The highest BCUT2D eigenvalue weighted by atomic mass is 35.5. The van der Waals surface area contributed by atoms with Gasteiger partial charge in [-0.05, 0) is 70.5 Å². The average Bonchev–Trinajstić information content (AvgIpc) is 2.60. The number of carbonyl (C=O) groups excluding carboxylic acids is 1. The molecular formula is C21H27ClFN3O3. The Kier molecular flexibility index (Phi) is 6.88. The molecule has 0 radical (unpaired) electrons. The average molecular weight is 424 g/mol. The van der Waals surface area contributed by atoms with Gasteiger partial charge >= 0.3 is 6.09 Å². The number of nitrogens with two attached hydrogens (primary N) is 1. The Bertz CT molecular complexity index is 897. The highest BCUT2D eigenvalue weighted by molar-refractivity contribution is 6.31. The van der Waals surface area contributed by atoms with Crippen LogP contribution >= 0.6 is 11.6 Å². The number of rotatable bonds is 5. The molecule has 0 saturated heterocycles. The van der Waals surface area contributed by atoms with Crippen molar-refractivity contribution in [3.05, 3.63) is 52.4 Å². The van der Waals surface area contributed by atoms with Crippen LogP contribution in [0, 0.1) is 5.82 Å². The zero-order valence-corrected chi connectivity index (χ0v) is 18.0. The number of halogens is 2. The SMILES string of the molecule is CC(C)(C)OC(=O)NC(C)(C)c1cc(-c2ccc(F)c(Cl)c2)nc(C(O)CN)c1. The Labute approximate surface area is 175 Å². The van der Waals surface area contributed by atoms with Gasteiger partial charge in [-0.25, -0.2) is 14.2 Å². The van der Waals surface area contributed by atoms with Crippen molar-refractivity contribution in [2.75, 3.05) is 6.54 Å². The van der Waals surface area contributed by atoms with Crippen LogP contribution < -0.4 is 11.1 Å². The van der Waals surface area contributed by atoms with Crippen molar-refractivity contribution >= 4 is 17.7 Å². The number of aromatic nitrogens is 1. The molecule has 1 heterocycles. The first-order valence-corrected chi connectivity index (χ1v) is 9.57. The molecule has 0 bridgehead atoms. The van der Waals surface area contributed by atoms with E-state index in [0.717, 1.165) is 0 Å². The van der Waals surface area contributed by atoms with E-state index in [4.69, 9.17) is 22.1 Å². The maximum Gasteiger partial charge on any atom is 0.408 e. The van der Waals surface area contributed by atoms with Crippen LogP contribution in [0.3, 0.4) is 0 Å². The fourth-order valence-corrected chi connectivity index (χ4v) is 2.82. The number of hydrogen-bond acceptors (Lipinski definition) is 5. The van der Waals surface area contributed by atoms with E-state index in [1.807, 2.05) is 0 Å². The summed E-state index contributed by atoms with van der Waals surface area (Å²) in [5.74, 6) is -0.541. The lowest BCUT2D eigenvalue weighted by Crippen LogP contribution is -2.44. The third-order valence-electron chi connectivity index (χ3n) is 4.16. The second kappa shape index (κ2) is 8.65. The summed E-state index contributed by atoms with van der Waals surface area (Å²) in [6.07, 6.45) is -1.58. The lowest BCUT2D eigenvalue weighted by atomic mass is 9.92. The molecule has 1 atom stereocenters. The normalized spacial score (nSPS) is 13.1. The number of alkyl carbamates (subject to hydrolysis) is 1. The van der Waals surface area contributed by atoms with E-state index in [9.17, 15) is 14.3 Å². The highest BCUT2D eigenvalue weighted by Gasteiger charge is 2.28. The minimum Gasteiger partial charge on any atom is -0.444 e. The van der Waals surface area contributed by atoms with Crippen molar-refractivity contribution < 1.29 is 19.0 Å². The van der Waals surface area contributed by atoms with Crippen molar-refractivity contribution in [3.8, 4) is 11.3 Å². The molecule has 6 nitrogen and oxygen atoms in total. The number of hydrogen-bond donors (Lipinski definition) is 3. The number of carbonyl (C=O) groups is 1. The van der Waals surface area contributed by atoms with Crippen molar-refractivity contribution in [2.45, 2.75) is 51.9 Å². The van der Waals surface area contributed by atoms with Crippen LogP contribution in [0.4, 0.5) is 9.18 Å². The van der Waals surface area contributed by atoms with Crippen LogP contribution in [0.15, 0.2) is 30.3 Å². The molecule has 1 aromatic carbocycles. The molecule has 8 heteroatoms. The molecule has 1 aromatic heterocycles. The van der Waals surface area contributed by atoms with Gasteiger partial charge < -0.3 is 20.9 Å². The standard InChI is InChI=1S/C21H27ClFN3O3/c1-20(2,3)29-19(28)26-21(4,5)13-9-16(25-17(10-13)18(27)11-24)12-6-7-15(23)14(22)8-12/h6-10,18,27H,11,24H2,1-5H3,(H,26,28). The second-order valence-electron chi connectivity index (χ2n) is 8.30. The summed E-state index contributed by atoms with van der Waals surface area (Å²) < 4.78 is 18.9. The van der Waals surface area contributed by atoms with Gasteiger partial charge in [0.05, 0.1) is 21.9 Å². The van der Waals surface area contributed by atoms with E-state index in [2.05, 4.69) is 10.3 Å². The number of aliphatic hydroxyl groups is 1. The summed E-state index contributed by atoms with van der Waals surface area (Å²) in [4.78, 5) is 16.7. The summed E-state index contributed by atoms with van der Waals surface area (Å²) in [5, 5.41) is 13.0. The van der Waals surface area contributed by atoms with E-state index in [1.54, 1.807) is 52.8 Å². The second-order valence-corrected chi connectivity index (χ2v) is 8.71. The quantitative estimate of drug-likeness (QED) is 0.666. The fraction of sp³-hybridized carbons (Fsp3) is 0.429. The summed E-state index contributed by atoms with van der Waals surface area (Å²) in [6.45, 7) is 8.90. The Balaban J connectivity index is 2.49. The Morgan fingerprint density at radius 1 is 1.28 bits per heavy atom. The molecule has 158 valence electrons. The monoisotopic (exact) mass is 423 g/mol. The molecular weight excluding hydrogens is 397 g/mol. The molecule has 29 heavy (non-hydrogen) atoms. The number of nitrogens with one attached hydrogen (secondary N) is 1. The summed E-state index contributed by atoms with van der Waals surface area (Å²) >= 11 is 5.91. The predicted molar refractivity (Wildman–Crippen MR) is 111 cm³/mol. The number of benzene rings is 1. The summed E-state index contributed by atoms with van der Waals surface area (Å²) in [5.41, 5.74) is 6.12. The number of pyridine rings is 1. The van der Waals surface area contributed by atoms with Crippen LogP contribution in [0.25, 0.3) is 11.3 Å². The Morgan fingerprint density at radius 3 is 2.48 bits per heavy atom. The topological polar surface area (TPSA) is 97.5 Å². The fourth-order valence-electron chi connectivity index (χ4n) is 2.64. The third-order valence-corrected chi connectivity index (χ3v) is 4.45. The first-order valence-electron chi connectivity index (χ1n) is 9.19. The highest BCUT2D eigenvalue weighted by Crippen LogP contribution is 2.30. The van der Waals surface area contributed by atoms with Crippen LogP contribution in [0.5, 0.6) is 0 Å². The van der Waals surface area contributed by atoms with E-state index in [1.165, 1.54) is 12.1 Å². The molecule has 0 spiro atoms. The summed E-state index contributed by atoms with van der Waals surface area (Å²) in [6, 6.07) is 7.66. The molecule has 1 amide bonds. The molecule has 0 aliphatic rings. The van der Waals surface area contributed by atoms with Crippen molar-refractivity contribution in [3.63, 3.8) is 0 Å². The Morgan fingerprint density at radius 2 is 1.93 bits per heavy atom. The molecule has 0 saturated carbocycles. The van der Waals surface area contributed by atoms with Gasteiger partial charge in [0.25, 0.3) is 0 Å². The third kappa shape index (κ3) is 6.13. The molecule has 0 aliphatic carbocycles. The van der Waals surface area contributed by atoms with Gasteiger partial charge in [0.15, 0.2) is 0 Å². The Hall–Kier alpha value is -2.22. The molecule has 2 aromatic rings. The van der Waals surface area contributed by atoms with Gasteiger partial charge in [-0.3, -0.25) is 0 Å². The van der Waals surface area contributed by atoms with E-state index in [-0.39, 0.29) is 11.6 Å². The zero-order chi connectivity index (χ0) is 22.0. The molecule has 0 fully saturated rings. The van der Waals surface area contributed by atoms with E-state index in [0.29, 0.717) is 22.5 Å². The van der Waals surface area contributed by atoms with Crippen molar-refractivity contribution in [2.24, 2.45) is 5.73 Å². The van der Waals surface area contributed by atoms with Crippen LogP contribution in [0.2, 0.25) is 5.02 Å².